The number of hydrogen-bond acceptors (Lipinski definition) is 2. The number of carbonyl (C=O) groups excluding carboxylic acids is 1. The first-order valence-electron chi connectivity index (χ1n) is 6.64. The molecule has 0 saturated carbocycles. The van der Waals surface area contributed by atoms with E-state index in [1.165, 1.54) is 0 Å². The van der Waals surface area contributed by atoms with Crippen molar-refractivity contribution in [2.45, 2.75) is 19.4 Å². The summed E-state index contributed by atoms with van der Waals surface area (Å²) in [6.45, 7) is 2.39. The van der Waals surface area contributed by atoms with Gasteiger partial charge in [0.05, 0.1) is 0 Å². The Labute approximate surface area is 124 Å². The van der Waals surface area contributed by atoms with Gasteiger partial charge >= 0.3 is 0 Å². The van der Waals surface area contributed by atoms with Crippen molar-refractivity contribution >= 4 is 17.4 Å². The van der Waals surface area contributed by atoms with Crippen molar-refractivity contribution in [2.24, 2.45) is 0 Å². The third-order valence-corrected chi connectivity index (χ3v) is 3.23. The van der Waals surface area contributed by atoms with Crippen LogP contribution < -0.4 is 0 Å². The molecule has 2 nitrogen and oxygen atoms in total. The van der Waals surface area contributed by atoms with Crippen LogP contribution in [0.1, 0.15) is 24.2 Å². The molecule has 0 saturated heterocycles. The normalized spacial score (nSPS) is 12.1. The zero-order valence-corrected chi connectivity index (χ0v) is 12.1. The van der Waals surface area contributed by atoms with Gasteiger partial charge in [-0.05, 0) is 30.2 Å². The Morgan fingerprint density at radius 3 is 2.55 bits per heavy atom. The Morgan fingerprint density at radius 2 is 1.90 bits per heavy atom. The summed E-state index contributed by atoms with van der Waals surface area (Å²) in [6, 6.07) is 16.9. The smallest absolute Gasteiger partial charge is 0.170 e. The summed E-state index contributed by atoms with van der Waals surface area (Å²) in [5.41, 5.74) is 1.80. The Balaban J connectivity index is 2.15. The van der Waals surface area contributed by atoms with Gasteiger partial charge in [0.1, 0.15) is 6.10 Å². The molecular formula is C17H17ClO2. The third kappa shape index (κ3) is 3.92. The van der Waals surface area contributed by atoms with Gasteiger partial charge in [0.25, 0.3) is 0 Å². The molecule has 0 bridgehead atoms. The fourth-order valence-electron chi connectivity index (χ4n) is 2.11. The second-order valence-corrected chi connectivity index (χ2v) is 4.96. The topological polar surface area (TPSA) is 26.3 Å². The molecule has 0 heterocycles. The predicted molar refractivity (Wildman–Crippen MR) is 81.0 cm³/mol. The van der Waals surface area contributed by atoms with Crippen molar-refractivity contribution < 1.29 is 9.53 Å². The van der Waals surface area contributed by atoms with Crippen LogP contribution in [0.4, 0.5) is 0 Å². The average Bonchev–Trinajstić information content (AvgIpc) is 2.45. The summed E-state index contributed by atoms with van der Waals surface area (Å²) in [5.74, 6) is 0.0420. The van der Waals surface area contributed by atoms with E-state index in [0.717, 1.165) is 11.1 Å². The van der Waals surface area contributed by atoms with E-state index in [9.17, 15) is 4.79 Å². The number of ketones is 1. The maximum absolute atomic E-state index is 12.4. The fourth-order valence-corrected chi connectivity index (χ4v) is 2.32. The molecular weight excluding hydrogens is 272 g/mol. The van der Waals surface area contributed by atoms with Gasteiger partial charge in [-0.2, -0.15) is 0 Å². The molecule has 0 spiro atoms. The molecule has 0 aliphatic heterocycles. The Morgan fingerprint density at radius 1 is 1.15 bits per heavy atom. The molecule has 0 aliphatic rings. The van der Waals surface area contributed by atoms with Crippen molar-refractivity contribution in [1.82, 2.24) is 0 Å². The fraction of sp³-hybridized carbons (Fsp3) is 0.235. The highest BCUT2D eigenvalue weighted by Gasteiger charge is 2.20. The lowest BCUT2D eigenvalue weighted by Gasteiger charge is -2.16. The maximum Gasteiger partial charge on any atom is 0.170 e. The Hall–Kier alpha value is -1.64. The molecule has 2 aromatic carbocycles. The summed E-state index contributed by atoms with van der Waals surface area (Å²) in [7, 11) is 0. The number of hydrogen-bond donors (Lipinski definition) is 0. The largest absolute Gasteiger partial charge is 0.366 e. The molecule has 104 valence electrons. The summed E-state index contributed by atoms with van der Waals surface area (Å²) in [4.78, 5) is 12.4. The number of benzene rings is 2. The average molecular weight is 289 g/mol. The van der Waals surface area contributed by atoms with Gasteiger partial charge in [0.15, 0.2) is 5.78 Å². The lowest BCUT2D eigenvalue weighted by Crippen LogP contribution is -2.18. The zero-order chi connectivity index (χ0) is 14.4. The second-order valence-electron chi connectivity index (χ2n) is 4.52. The van der Waals surface area contributed by atoms with Crippen LogP contribution in [0.3, 0.4) is 0 Å². The van der Waals surface area contributed by atoms with Crippen LogP contribution in [-0.4, -0.2) is 12.4 Å². The van der Waals surface area contributed by atoms with Crippen LogP contribution >= 0.6 is 11.6 Å². The summed E-state index contributed by atoms with van der Waals surface area (Å²) in [5, 5.41) is 0.642. The monoisotopic (exact) mass is 288 g/mol. The van der Waals surface area contributed by atoms with Gasteiger partial charge in [-0.25, -0.2) is 0 Å². The molecule has 0 amide bonds. The maximum atomic E-state index is 12.4. The first-order chi connectivity index (χ1) is 9.70. The standard InChI is InChI=1S/C17H17ClO2/c1-2-20-17(14-8-4-3-5-9-14)16(19)12-13-7-6-10-15(18)11-13/h3-11,17H,2,12H2,1H3. The first kappa shape index (κ1) is 14.8. The molecule has 0 aromatic heterocycles. The number of rotatable bonds is 6. The summed E-state index contributed by atoms with van der Waals surface area (Å²) >= 11 is 5.94. The van der Waals surface area contributed by atoms with Crippen LogP contribution in [-0.2, 0) is 16.0 Å². The number of halogens is 1. The molecule has 1 unspecified atom stereocenters. The molecule has 0 aliphatic carbocycles. The molecule has 1 atom stereocenters. The van der Waals surface area contributed by atoms with E-state index in [1.807, 2.05) is 55.5 Å². The van der Waals surface area contributed by atoms with E-state index in [1.54, 1.807) is 6.07 Å². The van der Waals surface area contributed by atoms with Gasteiger partial charge in [-0.3, -0.25) is 4.79 Å². The minimum Gasteiger partial charge on any atom is -0.366 e. The highest BCUT2D eigenvalue weighted by Crippen LogP contribution is 2.21. The summed E-state index contributed by atoms with van der Waals surface area (Å²) < 4.78 is 5.61. The van der Waals surface area contributed by atoms with Crippen LogP contribution in [0.5, 0.6) is 0 Å². The highest BCUT2D eigenvalue weighted by molar-refractivity contribution is 6.30. The predicted octanol–water partition coefficient (Wildman–Crippen LogP) is 4.23. The zero-order valence-electron chi connectivity index (χ0n) is 11.4. The molecule has 0 fully saturated rings. The molecule has 0 N–H and O–H groups in total. The third-order valence-electron chi connectivity index (χ3n) is 3.00. The molecule has 0 radical (unpaired) electrons. The van der Waals surface area contributed by atoms with E-state index in [0.29, 0.717) is 18.1 Å². The van der Waals surface area contributed by atoms with Crippen molar-refractivity contribution in [3.8, 4) is 0 Å². The quantitative estimate of drug-likeness (QED) is 0.795. The number of Topliss-reactive ketones (excluding diaryl/α,β-unsaturated/α-hetero) is 1. The Bertz CT molecular complexity index is 566. The van der Waals surface area contributed by atoms with Gasteiger partial charge < -0.3 is 4.74 Å². The van der Waals surface area contributed by atoms with E-state index in [2.05, 4.69) is 0 Å². The minimum atomic E-state index is -0.514. The van der Waals surface area contributed by atoms with Crippen molar-refractivity contribution in [3.63, 3.8) is 0 Å². The van der Waals surface area contributed by atoms with Crippen LogP contribution in [0.25, 0.3) is 0 Å². The minimum absolute atomic E-state index is 0.0420. The Kier molecular flexibility index (Phi) is 5.33. The van der Waals surface area contributed by atoms with E-state index < -0.39 is 6.10 Å². The van der Waals surface area contributed by atoms with Crippen molar-refractivity contribution in [2.75, 3.05) is 6.61 Å². The van der Waals surface area contributed by atoms with Crippen LogP contribution in [0, 0.1) is 0 Å². The van der Waals surface area contributed by atoms with Gasteiger partial charge in [-0.15, -0.1) is 0 Å². The lowest BCUT2D eigenvalue weighted by molar-refractivity contribution is -0.130. The van der Waals surface area contributed by atoms with Crippen molar-refractivity contribution in [1.29, 1.82) is 0 Å². The van der Waals surface area contributed by atoms with E-state index >= 15 is 0 Å². The molecule has 20 heavy (non-hydrogen) atoms. The van der Waals surface area contributed by atoms with Crippen LogP contribution in [0.15, 0.2) is 54.6 Å². The summed E-state index contributed by atoms with van der Waals surface area (Å²) in [6.07, 6.45) is -0.194. The van der Waals surface area contributed by atoms with Crippen LogP contribution in [0.2, 0.25) is 5.02 Å². The molecule has 3 heteroatoms. The number of carbonyl (C=O) groups is 1. The van der Waals surface area contributed by atoms with Gasteiger partial charge in [0.2, 0.25) is 0 Å². The molecule has 2 aromatic rings. The van der Waals surface area contributed by atoms with E-state index in [-0.39, 0.29) is 5.78 Å². The van der Waals surface area contributed by atoms with Crippen molar-refractivity contribution in [3.05, 3.63) is 70.7 Å². The van der Waals surface area contributed by atoms with Gasteiger partial charge in [-0.1, -0.05) is 54.1 Å². The number of ether oxygens (including phenoxy) is 1. The van der Waals surface area contributed by atoms with E-state index in [4.69, 9.17) is 16.3 Å². The first-order valence-corrected chi connectivity index (χ1v) is 7.02. The SMILES string of the molecule is CCOC(C(=O)Cc1cccc(Cl)c1)c1ccccc1. The second kappa shape index (κ2) is 7.22. The lowest BCUT2D eigenvalue weighted by atomic mass is 10.00. The highest BCUT2D eigenvalue weighted by atomic mass is 35.5. The van der Waals surface area contributed by atoms with Gasteiger partial charge in [0, 0.05) is 18.1 Å². The molecule has 2 rings (SSSR count).